The minimum absolute atomic E-state index is 0.00793. The van der Waals surface area contributed by atoms with Crippen molar-refractivity contribution in [3.05, 3.63) is 71.8 Å². The number of amides is 4. The van der Waals surface area contributed by atoms with Gasteiger partial charge in [-0.05, 0) is 24.0 Å². The molecule has 4 amide bonds. The molecule has 29 heavy (non-hydrogen) atoms. The van der Waals surface area contributed by atoms with Gasteiger partial charge in [-0.15, -0.1) is 0 Å². The maximum absolute atomic E-state index is 13.1. The molecule has 2 aromatic rings. The van der Waals surface area contributed by atoms with Crippen molar-refractivity contribution in [2.24, 2.45) is 0 Å². The summed E-state index contributed by atoms with van der Waals surface area (Å²) in [6.07, 6.45) is 1.67. The van der Waals surface area contributed by atoms with Crippen molar-refractivity contribution in [2.75, 3.05) is 19.6 Å². The average Bonchev–Trinajstić information content (AvgIpc) is 3.11. The summed E-state index contributed by atoms with van der Waals surface area (Å²) in [6.45, 7) is 1.21. The number of nitrogens with one attached hydrogen (secondary N) is 1. The van der Waals surface area contributed by atoms with E-state index in [9.17, 15) is 14.4 Å². The van der Waals surface area contributed by atoms with E-state index in [2.05, 4.69) is 29.6 Å². The third-order valence-electron chi connectivity index (χ3n) is 5.84. The molecule has 2 aliphatic rings. The smallest absolute Gasteiger partial charge is 0.324 e. The van der Waals surface area contributed by atoms with E-state index >= 15 is 0 Å². The molecule has 2 saturated heterocycles. The monoisotopic (exact) mass is 391 g/mol. The highest BCUT2D eigenvalue weighted by Gasteiger charge is 2.37. The quantitative estimate of drug-likeness (QED) is 0.797. The van der Waals surface area contributed by atoms with Crippen LogP contribution in [0.15, 0.2) is 60.7 Å². The van der Waals surface area contributed by atoms with Crippen molar-refractivity contribution in [3.8, 4) is 0 Å². The predicted molar refractivity (Wildman–Crippen MR) is 109 cm³/mol. The lowest BCUT2D eigenvalue weighted by Crippen LogP contribution is -2.49. The van der Waals surface area contributed by atoms with Gasteiger partial charge in [0.15, 0.2) is 0 Å². The Morgan fingerprint density at radius 1 is 0.931 bits per heavy atom. The van der Waals surface area contributed by atoms with E-state index in [0.717, 1.165) is 11.1 Å². The van der Waals surface area contributed by atoms with E-state index in [-0.39, 0.29) is 36.3 Å². The topological polar surface area (TPSA) is 69.7 Å². The molecule has 2 heterocycles. The van der Waals surface area contributed by atoms with Crippen molar-refractivity contribution in [2.45, 2.75) is 31.2 Å². The van der Waals surface area contributed by atoms with E-state index in [1.807, 2.05) is 41.3 Å². The molecule has 0 radical (unpaired) electrons. The molecule has 1 N–H and O–H groups in total. The summed E-state index contributed by atoms with van der Waals surface area (Å²) < 4.78 is 0. The molecule has 4 rings (SSSR count). The number of rotatable bonds is 5. The second-order valence-corrected chi connectivity index (χ2v) is 7.61. The first-order valence-electron chi connectivity index (χ1n) is 10.1. The fourth-order valence-corrected chi connectivity index (χ4v) is 4.28. The number of hydrogen-bond donors (Lipinski definition) is 1. The van der Waals surface area contributed by atoms with Crippen LogP contribution >= 0.6 is 0 Å². The molecule has 0 spiro atoms. The molecule has 6 nitrogen and oxygen atoms in total. The lowest BCUT2D eigenvalue weighted by Gasteiger charge is -2.36. The number of hydrogen-bond acceptors (Lipinski definition) is 3. The molecule has 0 unspecified atom stereocenters. The Balaban J connectivity index is 1.42. The van der Waals surface area contributed by atoms with Gasteiger partial charge in [-0.3, -0.25) is 14.5 Å². The van der Waals surface area contributed by atoms with Crippen LogP contribution in [-0.2, 0) is 9.59 Å². The van der Waals surface area contributed by atoms with Gasteiger partial charge in [-0.25, -0.2) is 4.79 Å². The molecule has 2 fully saturated rings. The summed E-state index contributed by atoms with van der Waals surface area (Å²) in [5.41, 5.74) is 2.25. The Bertz CT molecular complexity index is 821. The Hall–Kier alpha value is -3.15. The van der Waals surface area contributed by atoms with Crippen molar-refractivity contribution >= 4 is 17.8 Å². The first-order valence-corrected chi connectivity index (χ1v) is 10.1. The van der Waals surface area contributed by atoms with Gasteiger partial charge in [-0.2, -0.15) is 0 Å². The molecule has 0 atom stereocenters. The number of benzene rings is 2. The minimum atomic E-state index is -0.312. The van der Waals surface area contributed by atoms with Gasteiger partial charge < -0.3 is 10.2 Å². The highest BCUT2D eigenvalue weighted by atomic mass is 16.2. The molecular formula is C23H25N3O3. The number of piperidine rings is 1. The number of likely N-dealkylation sites (tertiary alicyclic amines) is 1. The number of carbonyl (C=O) groups is 3. The highest BCUT2D eigenvalue weighted by Crippen LogP contribution is 2.29. The number of urea groups is 1. The zero-order chi connectivity index (χ0) is 20.2. The zero-order valence-corrected chi connectivity index (χ0v) is 16.3. The largest absolute Gasteiger partial charge is 0.343 e. The van der Waals surface area contributed by atoms with Gasteiger partial charge in [0.2, 0.25) is 11.8 Å². The Morgan fingerprint density at radius 2 is 1.48 bits per heavy atom. The number of nitrogens with zero attached hydrogens (tertiary/aromatic N) is 2. The Labute approximate surface area is 170 Å². The third kappa shape index (κ3) is 4.16. The molecule has 0 aromatic heterocycles. The summed E-state index contributed by atoms with van der Waals surface area (Å²) >= 11 is 0. The van der Waals surface area contributed by atoms with Crippen LogP contribution in [0.1, 0.15) is 36.3 Å². The molecule has 6 heteroatoms. The lowest BCUT2D eigenvalue weighted by molar-refractivity contribution is -0.133. The summed E-state index contributed by atoms with van der Waals surface area (Å²) in [4.78, 5) is 40.1. The van der Waals surface area contributed by atoms with Gasteiger partial charge in [0.05, 0.1) is 6.54 Å². The van der Waals surface area contributed by atoms with Crippen molar-refractivity contribution in [1.29, 1.82) is 0 Å². The lowest BCUT2D eigenvalue weighted by atomic mass is 9.88. The van der Waals surface area contributed by atoms with Gasteiger partial charge in [0.1, 0.15) is 0 Å². The van der Waals surface area contributed by atoms with Crippen molar-refractivity contribution in [3.63, 3.8) is 0 Å². The van der Waals surface area contributed by atoms with Gasteiger partial charge >= 0.3 is 6.03 Å². The molecular weight excluding hydrogens is 366 g/mol. The van der Waals surface area contributed by atoms with Gasteiger partial charge in [-0.1, -0.05) is 60.7 Å². The average molecular weight is 391 g/mol. The normalized spacial score (nSPS) is 17.7. The van der Waals surface area contributed by atoms with Crippen molar-refractivity contribution < 1.29 is 14.4 Å². The molecule has 0 aliphatic carbocycles. The summed E-state index contributed by atoms with van der Waals surface area (Å²) in [6, 6.07) is 19.8. The summed E-state index contributed by atoms with van der Waals surface area (Å²) in [5, 5.41) is 2.57. The third-order valence-corrected chi connectivity index (χ3v) is 5.84. The van der Waals surface area contributed by atoms with Crippen LogP contribution in [0.4, 0.5) is 4.79 Å². The predicted octanol–water partition coefficient (Wildman–Crippen LogP) is 2.75. The number of carbonyl (C=O) groups excluding carboxylic acids is 3. The number of imide groups is 1. The minimum Gasteiger partial charge on any atom is -0.343 e. The SMILES string of the molecule is O=C(CC(c1ccccc1)c1ccccc1)N1CCC(N2C(=O)CNC2=O)CC1. The van der Waals surface area contributed by atoms with E-state index in [0.29, 0.717) is 32.4 Å². The fourth-order valence-electron chi connectivity index (χ4n) is 4.28. The van der Waals surface area contributed by atoms with Gasteiger partial charge in [0.25, 0.3) is 0 Å². The maximum atomic E-state index is 13.1. The van der Waals surface area contributed by atoms with Crippen LogP contribution in [0.25, 0.3) is 0 Å². The zero-order valence-electron chi connectivity index (χ0n) is 16.3. The van der Waals surface area contributed by atoms with Crippen LogP contribution in [0, 0.1) is 0 Å². The first kappa shape index (κ1) is 19.2. The highest BCUT2D eigenvalue weighted by molar-refractivity contribution is 6.02. The van der Waals surface area contributed by atoms with Crippen LogP contribution in [0.2, 0.25) is 0 Å². The summed E-state index contributed by atoms with van der Waals surface area (Å²) in [5.74, 6) is -0.0556. The molecule has 0 bridgehead atoms. The van der Waals surface area contributed by atoms with Crippen LogP contribution in [0.5, 0.6) is 0 Å². The maximum Gasteiger partial charge on any atom is 0.324 e. The fraction of sp³-hybridized carbons (Fsp3) is 0.348. The first-order chi connectivity index (χ1) is 14.1. The van der Waals surface area contributed by atoms with E-state index in [4.69, 9.17) is 0 Å². The van der Waals surface area contributed by atoms with E-state index in [1.54, 1.807) is 0 Å². The van der Waals surface area contributed by atoms with Crippen LogP contribution < -0.4 is 5.32 Å². The second-order valence-electron chi connectivity index (χ2n) is 7.61. The van der Waals surface area contributed by atoms with Crippen LogP contribution in [-0.4, -0.2) is 53.3 Å². The van der Waals surface area contributed by atoms with Crippen LogP contribution in [0.3, 0.4) is 0 Å². The molecule has 2 aliphatic heterocycles. The second kappa shape index (κ2) is 8.47. The molecule has 150 valence electrons. The molecule has 2 aromatic carbocycles. The van der Waals surface area contributed by atoms with E-state index in [1.165, 1.54) is 4.90 Å². The molecule has 0 saturated carbocycles. The Kier molecular flexibility index (Phi) is 5.60. The summed E-state index contributed by atoms with van der Waals surface area (Å²) in [7, 11) is 0. The Morgan fingerprint density at radius 3 is 1.97 bits per heavy atom. The van der Waals surface area contributed by atoms with Gasteiger partial charge in [0, 0.05) is 31.5 Å². The standard InChI is InChI=1S/C23H25N3O3/c27-21(25-13-11-19(12-14-25)26-22(28)16-24-23(26)29)15-20(17-7-3-1-4-8-17)18-9-5-2-6-10-18/h1-10,19-20H,11-16H2,(H,24,29). The van der Waals surface area contributed by atoms with E-state index < -0.39 is 0 Å². The van der Waals surface area contributed by atoms with Crippen molar-refractivity contribution in [1.82, 2.24) is 15.1 Å².